The average molecular weight is 606 g/mol. The largest absolute Gasteiger partial charge is 0.497 e. The fourth-order valence-electron chi connectivity index (χ4n) is 4.05. The number of thioether (sulfide) groups is 1. The molecule has 0 aliphatic carbocycles. The van der Waals surface area contributed by atoms with Gasteiger partial charge in [0.05, 0.1) is 37.5 Å². The molecule has 0 unspecified atom stereocenters. The van der Waals surface area contributed by atoms with Gasteiger partial charge >= 0.3 is 5.01 Å². The second-order valence-corrected chi connectivity index (χ2v) is 13.6. The van der Waals surface area contributed by atoms with Crippen LogP contribution in [0.5, 0.6) is 11.5 Å². The van der Waals surface area contributed by atoms with Gasteiger partial charge in [0.2, 0.25) is 11.3 Å². The average Bonchev–Trinajstić information content (AvgIpc) is 3.39. The summed E-state index contributed by atoms with van der Waals surface area (Å²) in [7, 11) is -5.39. The molecule has 2 aromatic carbocycles. The first-order valence-electron chi connectivity index (χ1n) is 11.3. The fourth-order valence-corrected chi connectivity index (χ4v) is 7.31. The first kappa shape index (κ1) is 28.6. The summed E-state index contributed by atoms with van der Waals surface area (Å²) in [5.41, 5.74) is 1.27. The van der Waals surface area contributed by atoms with Gasteiger partial charge in [-0.3, -0.25) is 9.11 Å². The van der Waals surface area contributed by atoms with E-state index in [-0.39, 0.29) is 36.0 Å². The molecule has 15 heteroatoms. The minimum Gasteiger partial charge on any atom is -0.497 e. The van der Waals surface area contributed by atoms with E-state index < -0.39 is 37.6 Å². The lowest BCUT2D eigenvalue weighted by molar-refractivity contribution is -0.669. The molecule has 0 saturated carbocycles. The van der Waals surface area contributed by atoms with Crippen molar-refractivity contribution in [3.63, 3.8) is 0 Å². The number of halogens is 1. The maximum atomic E-state index is 16.5. The lowest BCUT2D eigenvalue weighted by Gasteiger charge is -2.20. The molecule has 3 aromatic rings. The van der Waals surface area contributed by atoms with Crippen LogP contribution in [0.4, 0.5) is 10.1 Å². The smallest absolute Gasteiger partial charge is 0.301 e. The minimum absolute atomic E-state index is 0.0464. The molecule has 1 aliphatic rings. The highest BCUT2D eigenvalue weighted by Gasteiger charge is 2.35. The lowest BCUT2D eigenvalue weighted by atomic mass is 10.2. The van der Waals surface area contributed by atoms with Crippen LogP contribution in [0.3, 0.4) is 0 Å². The summed E-state index contributed by atoms with van der Waals surface area (Å²) >= 11 is 2.35. The van der Waals surface area contributed by atoms with Crippen molar-refractivity contribution < 1.29 is 44.4 Å². The first-order chi connectivity index (χ1) is 17.9. The molecule has 10 nitrogen and oxygen atoms in total. The number of nitrogens with zero attached hydrogens (tertiary/aromatic N) is 2. The lowest BCUT2D eigenvalue weighted by Crippen LogP contribution is -2.37. The van der Waals surface area contributed by atoms with Crippen molar-refractivity contribution in [2.75, 3.05) is 37.2 Å². The van der Waals surface area contributed by atoms with E-state index in [0.29, 0.717) is 22.7 Å². The zero-order valence-corrected chi connectivity index (χ0v) is 23.7. The Labute approximate surface area is 228 Å². The van der Waals surface area contributed by atoms with Gasteiger partial charge in [0.15, 0.2) is 6.54 Å². The number of rotatable bonds is 11. The first-order valence-corrected chi connectivity index (χ1v) is 16.2. The maximum Gasteiger partial charge on any atom is 0.301 e. The van der Waals surface area contributed by atoms with E-state index in [0.717, 1.165) is 9.60 Å². The van der Waals surface area contributed by atoms with Gasteiger partial charge in [0.1, 0.15) is 21.2 Å². The van der Waals surface area contributed by atoms with Crippen molar-refractivity contribution >= 4 is 65.1 Å². The molecular weight excluding hydrogens is 580 g/mol. The number of fused-ring (bicyclic) bond motifs is 2. The highest BCUT2D eigenvalue weighted by molar-refractivity contribution is 8.04. The van der Waals surface area contributed by atoms with Crippen LogP contribution in [0.1, 0.15) is 17.8 Å². The summed E-state index contributed by atoms with van der Waals surface area (Å²) < 4.78 is 93.1. The molecule has 38 heavy (non-hydrogen) atoms. The van der Waals surface area contributed by atoms with Crippen molar-refractivity contribution in [2.24, 2.45) is 0 Å². The Balaban J connectivity index is 1.81. The van der Waals surface area contributed by atoms with Gasteiger partial charge in [0, 0.05) is 23.9 Å². The molecule has 0 bridgehead atoms. The highest BCUT2D eigenvalue weighted by atomic mass is 32.2. The summed E-state index contributed by atoms with van der Waals surface area (Å²) in [6, 6.07) is 10.5. The van der Waals surface area contributed by atoms with Gasteiger partial charge in [-0.25, -0.2) is 0 Å². The fraction of sp³-hybridized carbons (Fsp3) is 0.348. The van der Waals surface area contributed by atoms with Crippen molar-refractivity contribution in [1.29, 1.82) is 0 Å². The SMILES string of the molecule is COc1ccc2c(c1)N(CCCS(=O)(=O)O)/C(=C(\F)c1sc3ccc(OC)cc3[n+]1CCCS(=O)(=O)O)S2. The van der Waals surface area contributed by atoms with Crippen LogP contribution in [0.2, 0.25) is 0 Å². The summed E-state index contributed by atoms with van der Waals surface area (Å²) in [4.78, 5) is 2.39. The number of ether oxygens (including phenoxy) is 2. The Morgan fingerprint density at radius 2 is 1.61 bits per heavy atom. The Hall–Kier alpha value is -2.43. The number of hydrogen-bond acceptors (Lipinski definition) is 9. The number of aryl methyl sites for hydroxylation is 1. The molecule has 1 aromatic heterocycles. The number of aromatic nitrogens is 1. The van der Waals surface area contributed by atoms with E-state index in [1.165, 1.54) is 37.3 Å². The Morgan fingerprint density at radius 3 is 2.26 bits per heavy atom. The van der Waals surface area contributed by atoms with E-state index in [1.54, 1.807) is 45.9 Å². The van der Waals surface area contributed by atoms with Crippen molar-refractivity contribution in [1.82, 2.24) is 0 Å². The molecule has 0 spiro atoms. The molecule has 0 amide bonds. The maximum absolute atomic E-state index is 16.5. The van der Waals surface area contributed by atoms with E-state index in [2.05, 4.69) is 0 Å². The predicted octanol–water partition coefficient (Wildman–Crippen LogP) is 3.97. The number of thiazole rings is 1. The molecule has 206 valence electrons. The third-order valence-electron chi connectivity index (χ3n) is 5.76. The van der Waals surface area contributed by atoms with Gasteiger partial charge in [-0.2, -0.15) is 25.8 Å². The number of hydrogen-bond donors (Lipinski definition) is 2. The predicted molar refractivity (Wildman–Crippen MR) is 145 cm³/mol. The van der Waals surface area contributed by atoms with Crippen LogP contribution in [0.25, 0.3) is 16.0 Å². The van der Waals surface area contributed by atoms with Crippen molar-refractivity contribution in [2.45, 2.75) is 24.3 Å². The Kier molecular flexibility index (Phi) is 8.54. The quantitative estimate of drug-likeness (QED) is 0.244. The zero-order valence-electron chi connectivity index (χ0n) is 20.5. The minimum atomic E-state index is -4.20. The van der Waals surface area contributed by atoms with Gasteiger partial charge < -0.3 is 14.4 Å². The van der Waals surface area contributed by atoms with Crippen LogP contribution in [0, 0.1) is 0 Å². The molecule has 2 heterocycles. The second-order valence-electron chi connectivity index (χ2n) is 8.38. The summed E-state index contributed by atoms with van der Waals surface area (Å²) in [6.45, 7) is 0.217. The Morgan fingerprint density at radius 1 is 0.974 bits per heavy atom. The van der Waals surface area contributed by atoms with Crippen LogP contribution in [-0.4, -0.2) is 58.2 Å². The molecule has 0 saturated heterocycles. The van der Waals surface area contributed by atoms with Crippen molar-refractivity contribution in [3.05, 3.63) is 46.4 Å². The molecule has 0 fully saturated rings. The number of methoxy groups -OCH3 is 2. The van der Waals surface area contributed by atoms with E-state index in [4.69, 9.17) is 9.47 Å². The summed E-state index contributed by atoms with van der Waals surface area (Å²) in [5.74, 6) is -0.467. The summed E-state index contributed by atoms with van der Waals surface area (Å²) in [6.07, 6.45) is 0.0929. The molecule has 2 N–H and O–H groups in total. The number of anilines is 1. The normalized spacial score (nSPS) is 15.1. The van der Waals surface area contributed by atoms with Gasteiger partial charge in [-0.1, -0.05) is 23.1 Å². The Bertz CT molecular complexity index is 1600. The molecule has 0 radical (unpaired) electrons. The topological polar surface area (TPSA) is 134 Å². The van der Waals surface area contributed by atoms with Crippen LogP contribution in [-0.2, 0) is 26.8 Å². The second kappa shape index (κ2) is 11.4. The van der Waals surface area contributed by atoms with Crippen LogP contribution < -0.4 is 18.9 Å². The molecule has 0 atom stereocenters. The van der Waals surface area contributed by atoms with E-state index in [9.17, 15) is 25.9 Å². The van der Waals surface area contributed by atoms with Gasteiger partial charge in [0.25, 0.3) is 20.2 Å². The van der Waals surface area contributed by atoms with E-state index >= 15 is 4.39 Å². The highest BCUT2D eigenvalue weighted by Crippen LogP contribution is 2.50. The van der Waals surface area contributed by atoms with E-state index in [1.807, 2.05) is 0 Å². The third-order valence-corrected chi connectivity index (χ3v) is 9.69. The molecule has 4 rings (SSSR count). The van der Waals surface area contributed by atoms with Gasteiger partial charge in [-0.15, -0.1) is 0 Å². The monoisotopic (exact) mass is 605 g/mol. The standard InChI is InChI=1S/C23H25FN2O8S4/c1-33-15-5-7-19-17(13-15)25(9-3-11-37(27,28)29)22(35-19)21(24)23-26(10-4-12-38(30,31)32)18-14-16(34-2)6-8-20(18)36-23/h5-8,13-14H,3-4,9-12H2,1-2H3,(H-,27,28,29,30,31,32)/p+1. The number of benzene rings is 2. The molecule has 1 aliphatic heterocycles. The molecular formula is C23H26FN2O8S4+. The van der Waals surface area contributed by atoms with Crippen LogP contribution >= 0.6 is 23.1 Å². The third kappa shape index (κ3) is 6.58. The van der Waals surface area contributed by atoms with Gasteiger partial charge in [-0.05, 0) is 30.7 Å². The zero-order chi connectivity index (χ0) is 27.7. The summed E-state index contributed by atoms with van der Waals surface area (Å²) in [5, 5.41) is 0.455. The van der Waals surface area contributed by atoms with Crippen molar-refractivity contribution in [3.8, 4) is 11.5 Å². The van der Waals surface area contributed by atoms with Crippen LogP contribution in [0.15, 0.2) is 46.3 Å².